The number of hydrogen-bond donors (Lipinski definition) is 1. The van der Waals surface area contributed by atoms with Gasteiger partial charge in [0.05, 0.1) is 6.61 Å². The molecule has 0 amide bonds. The number of benzene rings is 1. The van der Waals surface area contributed by atoms with E-state index < -0.39 is 0 Å². The molecule has 0 radical (unpaired) electrons. The highest BCUT2D eigenvalue weighted by molar-refractivity contribution is 5.85. The molecule has 0 saturated heterocycles. The normalized spacial score (nSPS) is 12.4. The quantitative estimate of drug-likeness (QED) is 0.735. The zero-order chi connectivity index (χ0) is 8.39. The van der Waals surface area contributed by atoms with Crippen molar-refractivity contribution in [3.8, 4) is 11.5 Å². The third kappa shape index (κ3) is 2.03. The standard InChI is InChI=1S/C8H9NO3.ClH/c9-12-4-6-1-2-7-8(3-6)11-5-10-7;/h1-3H,4-5,9H2;1H. The van der Waals surface area contributed by atoms with E-state index >= 15 is 0 Å². The zero-order valence-corrected chi connectivity index (χ0v) is 7.67. The highest BCUT2D eigenvalue weighted by Gasteiger charge is 2.12. The summed E-state index contributed by atoms with van der Waals surface area (Å²) < 4.78 is 10.3. The first kappa shape index (κ1) is 10.1. The Morgan fingerprint density at radius 1 is 1.31 bits per heavy atom. The predicted octanol–water partition coefficient (Wildman–Crippen LogP) is 1.23. The van der Waals surface area contributed by atoms with Gasteiger partial charge in [0, 0.05) is 0 Å². The minimum atomic E-state index is 0. The van der Waals surface area contributed by atoms with Crippen molar-refractivity contribution in [3.05, 3.63) is 23.8 Å². The summed E-state index contributed by atoms with van der Waals surface area (Å²) in [5.74, 6) is 6.46. The van der Waals surface area contributed by atoms with Crippen molar-refractivity contribution in [3.63, 3.8) is 0 Å². The van der Waals surface area contributed by atoms with Crippen molar-refractivity contribution in [1.29, 1.82) is 0 Å². The average molecular weight is 204 g/mol. The number of nitrogens with two attached hydrogens (primary N) is 1. The Kier molecular flexibility index (Phi) is 3.36. The van der Waals surface area contributed by atoms with Gasteiger partial charge in [-0.2, -0.15) is 0 Å². The summed E-state index contributed by atoms with van der Waals surface area (Å²) in [7, 11) is 0. The van der Waals surface area contributed by atoms with Gasteiger partial charge in [-0.05, 0) is 17.7 Å². The van der Waals surface area contributed by atoms with Gasteiger partial charge in [-0.1, -0.05) is 6.07 Å². The Morgan fingerprint density at radius 3 is 2.85 bits per heavy atom. The van der Waals surface area contributed by atoms with Gasteiger partial charge in [-0.25, -0.2) is 5.90 Å². The van der Waals surface area contributed by atoms with Gasteiger partial charge >= 0.3 is 0 Å². The maximum Gasteiger partial charge on any atom is 0.231 e. The second-order valence-corrected chi connectivity index (χ2v) is 2.50. The second kappa shape index (κ2) is 4.32. The first-order valence-electron chi connectivity index (χ1n) is 3.60. The van der Waals surface area contributed by atoms with E-state index in [4.69, 9.17) is 15.4 Å². The number of halogens is 1. The minimum Gasteiger partial charge on any atom is -0.454 e. The zero-order valence-electron chi connectivity index (χ0n) is 6.86. The molecule has 0 bridgehead atoms. The number of fused-ring (bicyclic) bond motifs is 1. The molecule has 1 aliphatic rings. The molecule has 0 aliphatic carbocycles. The van der Waals surface area contributed by atoms with Crippen molar-refractivity contribution < 1.29 is 14.3 Å². The van der Waals surface area contributed by atoms with E-state index in [9.17, 15) is 0 Å². The van der Waals surface area contributed by atoms with Crippen LogP contribution in [0, 0.1) is 0 Å². The molecule has 1 aromatic rings. The molecule has 0 atom stereocenters. The van der Waals surface area contributed by atoms with E-state index in [1.807, 2.05) is 18.2 Å². The van der Waals surface area contributed by atoms with Crippen LogP contribution >= 0.6 is 12.4 Å². The molecular formula is C8H10ClNO3. The molecule has 5 heteroatoms. The highest BCUT2D eigenvalue weighted by atomic mass is 35.5. The lowest BCUT2D eigenvalue weighted by Gasteiger charge is -1.99. The molecule has 1 aromatic carbocycles. The van der Waals surface area contributed by atoms with Crippen LogP contribution in [-0.4, -0.2) is 6.79 Å². The van der Waals surface area contributed by atoms with Crippen LogP contribution in [0.25, 0.3) is 0 Å². The summed E-state index contributed by atoms with van der Waals surface area (Å²) in [6.07, 6.45) is 0. The fraction of sp³-hybridized carbons (Fsp3) is 0.250. The Labute approximate surface area is 81.9 Å². The maximum atomic E-state index is 5.17. The number of rotatable bonds is 2. The van der Waals surface area contributed by atoms with Gasteiger partial charge in [0.25, 0.3) is 0 Å². The van der Waals surface area contributed by atoms with Crippen LogP contribution in [0.4, 0.5) is 0 Å². The molecule has 0 unspecified atom stereocenters. The smallest absolute Gasteiger partial charge is 0.231 e. The lowest BCUT2D eigenvalue weighted by Crippen LogP contribution is -1.98. The van der Waals surface area contributed by atoms with Gasteiger partial charge < -0.3 is 9.47 Å². The Balaban J connectivity index is 0.000000845. The Morgan fingerprint density at radius 2 is 2.08 bits per heavy atom. The van der Waals surface area contributed by atoms with E-state index in [0.717, 1.165) is 17.1 Å². The highest BCUT2D eigenvalue weighted by Crippen LogP contribution is 2.32. The molecule has 4 nitrogen and oxygen atoms in total. The molecule has 13 heavy (non-hydrogen) atoms. The first-order chi connectivity index (χ1) is 5.90. The fourth-order valence-electron chi connectivity index (χ4n) is 1.13. The molecule has 1 aliphatic heterocycles. The molecule has 2 rings (SSSR count). The molecule has 0 saturated carbocycles. The first-order valence-corrected chi connectivity index (χ1v) is 3.60. The van der Waals surface area contributed by atoms with Crippen LogP contribution in [0.1, 0.15) is 5.56 Å². The summed E-state index contributed by atoms with van der Waals surface area (Å²) in [5.41, 5.74) is 0.974. The molecular weight excluding hydrogens is 194 g/mol. The average Bonchev–Trinajstić information content (AvgIpc) is 2.51. The predicted molar refractivity (Wildman–Crippen MR) is 48.8 cm³/mol. The van der Waals surface area contributed by atoms with E-state index in [1.165, 1.54) is 0 Å². The Bertz CT molecular complexity index is 293. The lowest BCUT2D eigenvalue weighted by molar-refractivity contribution is 0.124. The van der Waals surface area contributed by atoms with Crippen LogP contribution in [0.15, 0.2) is 18.2 Å². The summed E-state index contributed by atoms with van der Waals surface area (Å²) in [6.45, 7) is 0.679. The Hall–Kier alpha value is -0.970. The van der Waals surface area contributed by atoms with Crippen molar-refractivity contribution in [2.45, 2.75) is 6.61 Å². The summed E-state index contributed by atoms with van der Waals surface area (Å²) in [5, 5.41) is 0. The summed E-state index contributed by atoms with van der Waals surface area (Å²) in [6, 6.07) is 5.59. The van der Waals surface area contributed by atoms with Gasteiger partial charge in [0.15, 0.2) is 11.5 Å². The number of hydrogen-bond acceptors (Lipinski definition) is 4. The molecule has 0 fully saturated rings. The van der Waals surface area contributed by atoms with Gasteiger partial charge in [0.1, 0.15) is 0 Å². The minimum absolute atomic E-state index is 0. The van der Waals surface area contributed by atoms with E-state index in [1.54, 1.807) is 0 Å². The van der Waals surface area contributed by atoms with Crippen molar-refractivity contribution in [2.24, 2.45) is 5.90 Å². The van der Waals surface area contributed by atoms with Crippen LogP contribution in [0.3, 0.4) is 0 Å². The molecule has 1 heterocycles. The second-order valence-electron chi connectivity index (χ2n) is 2.50. The lowest BCUT2D eigenvalue weighted by atomic mass is 10.2. The van der Waals surface area contributed by atoms with Gasteiger partial charge in [-0.15, -0.1) is 12.4 Å². The topological polar surface area (TPSA) is 53.7 Å². The fourth-order valence-corrected chi connectivity index (χ4v) is 1.13. The van der Waals surface area contributed by atoms with E-state index in [2.05, 4.69) is 4.84 Å². The molecule has 0 spiro atoms. The number of ether oxygens (including phenoxy) is 2. The van der Waals surface area contributed by atoms with E-state index in [0.29, 0.717) is 13.4 Å². The maximum absolute atomic E-state index is 5.17. The van der Waals surface area contributed by atoms with Crippen molar-refractivity contribution in [2.75, 3.05) is 6.79 Å². The molecule has 72 valence electrons. The van der Waals surface area contributed by atoms with Gasteiger partial charge in [-0.3, -0.25) is 4.84 Å². The van der Waals surface area contributed by atoms with Crippen LogP contribution in [0.2, 0.25) is 0 Å². The third-order valence-corrected chi connectivity index (χ3v) is 1.69. The SMILES string of the molecule is Cl.NOCc1ccc2c(c1)OCO2. The summed E-state index contributed by atoms with van der Waals surface area (Å²) >= 11 is 0. The monoisotopic (exact) mass is 203 g/mol. The van der Waals surface area contributed by atoms with E-state index in [-0.39, 0.29) is 12.4 Å². The third-order valence-electron chi connectivity index (χ3n) is 1.69. The van der Waals surface area contributed by atoms with Crippen LogP contribution in [-0.2, 0) is 11.4 Å². The van der Waals surface area contributed by atoms with Crippen molar-refractivity contribution in [1.82, 2.24) is 0 Å². The summed E-state index contributed by atoms with van der Waals surface area (Å²) in [4.78, 5) is 4.49. The van der Waals surface area contributed by atoms with Crippen LogP contribution < -0.4 is 15.4 Å². The molecule has 0 aromatic heterocycles. The van der Waals surface area contributed by atoms with Crippen molar-refractivity contribution >= 4 is 12.4 Å². The molecule has 2 N–H and O–H groups in total. The van der Waals surface area contributed by atoms with Crippen LogP contribution in [0.5, 0.6) is 11.5 Å². The van der Waals surface area contributed by atoms with Gasteiger partial charge in [0.2, 0.25) is 6.79 Å². The largest absolute Gasteiger partial charge is 0.454 e.